The van der Waals surface area contributed by atoms with Crippen molar-refractivity contribution < 1.29 is 13.2 Å². The number of halogens is 1. The minimum Gasteiger partial charge on any atom is -0.352 e. The van der Waals surface area contributed by atoms with E-state index in [1.807, 2.05) is 41.9 Å². The molecule has 2 aromatic heterocycles. The molecule has 1 amide bonds. The number of imidazole rings is 1. The Morgan fingerprint density at radius 1 is 1.13 bits per heavy atom. The number of nitrogens with one attached hydrogen (secondary N) is 2. The Kier molecular flexibility index (Phi) is 8.18. The van der Waals surface area contributed by atoms with Gasteiger partial charge in [0.2, 0.25) is 10.0 Å². The average Bonchev–Trinajstić information content (AvgIpc) is 3.57. The molecule has 0 spiro atoms. The first-order chi connectivity index (χ1) is 18.3. The van der Waals surface area contributed by atoms with Crippen LogP contribution in [0.25, 0.3) is 11.0 Å². The molecular formula is C28H31ClN4O3S2. The first-order valence-corrected chi connectivity index (χ1v) is 15.6. The molecule has 2 N–H and O–H groups in total. The summed E-state index contributed by atoms with van der Waals surface area (Å²) in [5, 5.41) is 5.42. The molecule has 5 rings (SSSR count). The molecule has 0 atom stereocenters. The smallest absolute Gasteiger partial charge is 0.251 e. The van der Waals surface area contributed by atoms with Crippen molar-refractivity contribution in [3.05, 3.63) is 81.4 Å². The summed E-state index contributed by atoms with van der Waals surface area (Å²) < 4.78 is 29.9. The predicted molar refractivity (Wildman–Crippen MR) is 152 cm³/mol. The Morgan fingerprint density at radius 3 is 2.71 bits per heavy atom. The summed E-state index contributed by atoms with van der Waals surface area (Å²) in [5.74, 6) is 1.31. The van der Waals surface area contributed by atoms with Crippen molar-refractivity contribution in [3.8, 4) is 0 Å². The second-order valence-electron chi connectivity index (χ2n) is 9.86. The number of hydrogen-bond donors (Lipinski definition) is 2. The molecule has 1 saturated carbocycles. The lowest BCUT2D eigenvalue weighted by Gasteiger charge is -2.21. The first kappa shape index (κ1) is 26.9. The molecule has 1 fully saturated rings. The van der Waals surface area contributed by atoms with Crippen molar-refractivity contribution in [2.45, 2.75) is 49.3 Å². The van der Waals surface area contributed by atoms with Gasteiger partial charge in [0.05, 0.1) is 11.0 Å². The fraction of sp³-hybridized carbons (Fsp3) is 0.357. The highest BCUT2D eigenvalue weighted by atomic mass is 35.5. The molecular weight excluding hydrogens is 540 g/mol. The van der Waals surface area contributed by atoms with Gasteiger partial charge < -0.3 is 9.88 Å². The van der Waals surface area contributed by atoms with Crippen LogP contribution < -0.4 is 10.0 Å². The number of benzene rings is 2. The van der Waals surface area contributed by atoms with E-state index in [4.69, 9.17) is 16.6 Å². The minimum absolute atomic E-state index is 0.0644. The van der Waals surface area contributed by atoms with E-state index < -0.39 is 10.0 Å². The molecule has 10 heteroatoms. The lowest BCUT2D eigenvalue weighted by Crippen LogP contribution is -2.30. The molecule has 1 aliphatic carbocycles. The van der Waals surface area contributed by atoms with Crippen LogP contribution >= 0.6 is 22.9 Å². The zero-order chi connectivity index (χ0) is 26.7. The summed E-state index contributed by atoms with van der Waals surface area (Å²) in [6, 6.07) is 14.4. The number of aromatic nitrogens is 2. The summed E-state index contributed by atoms with van der Waals surface area (Å²) in [5.41, 5.74) is 3.95. The number of carbonyl (C=O) groups excluding carboxylic acids is 1. The van der Waals surface area contributed by atoms with Gasteiger partial charge in [-0.2, -0.15) is 0 Å². The quantitative estimate of drug-likeness (QED) is 0.271. The summed E-state index contributed by atoms with van der Waals surface area (Å²) in [6.07, 6.45) is 6.65. The van der Waals surface area contributed by atoms with Crippen LogP contribution in [0.2, 0.25) is 5.02 Å². The van der Waals surface area contributed by atoms with Crippen molar-refractivity contribution in [1.29, 1.82) is 0 Å². The topological polar surface area (TPSA) is 93.1 Å². The van der Waals surface area contributed by atoms with Gasteiger partial charge in [0.25, 0.3) is 5.91 Å². The van der Waals surface area contributed by atoms with Crippen molar-refractivity contribution in [3.63, 3.8) is 0 Å². The van der Waals surface area contributed by atoms with Gasteiger partial charge in [-0.3, -0.25) is 4.79 Å². The van der Waals surface area contributed by atoms with E-state index in [1.165, 1.54) is 43.4 Å². The molecule has 2 aromatic carbocycles. The van der Waals surface area contributed by atoms with E-state index in [1.54, 1.807) is 23.6 Å². The zero-order valence-corrected chi connectivity index (χ0v) is 23.6. The molecule has 0 saturated heterocycles. The van der Waals surface area contributed by atoms with Gasteiger partial charge in [-0.25, -0.2) is 18.1 Å². The Balaban J connectivity index is 1.29. The van der Waals surface area contributed by atoms with Crippen molar-refractivity contribution in [2.24, 2.45) is 13.0 Å². The van der Waals surface area contributed by atoms with Crippen LogP contribution in [0, 0.1) is 5.92 Å². The fourth-order valence-electron chi connectivity index (χ4n) is 4.99. The van der Waals surface area contributed by atoms with Crippen LogP contribution in [-0.4, -0.2) is 30.4 Å². The SMILES string of the molecule is Cn1c(Cc2cc(CNS(=O)(=O)c3cccs3)ccc2Cl)nc2cc(C(=O)NCC3CCCCC3)ccc21. The molecule has 38 heavy (non-hydrogen) atoms. The summed E-state index contributed by atoms with van der Waals surface area (Å²) in [4.78, 5) is 17.6. The van der Waals surface area contributed by atoms with Gasteiger partial charge in [0.15, 0.2) is 0 Å². The number of carbonyl (C=O) groups is 1. The highest BCUT2D eigenvalue weighted by Gasteiger charge is 2.18. The molecule has 0 unspecified atom stereocenters. The number of thiophene rings is 1. The van der Waals surface area contributed by atoms with Crippen LogP contribution in [0.4, 0.5) is 0 Å². The molecule has 200 valence electrons. The number of nitrogens with zero attached hydrogens (tertiary/aromatic N) is 2. The van der Waals surface area contributed by atoms with Gasteiger partial charge in [-0.15, -0.1) is 11.3 Å². The van der Waals surface area contributed by atoms with E-state index in [0.717, 1.165) is 34.5 Å². The van der Waals surface area contributed by atoms with Crippen molar-refractivity contribution in [2.75, 3.05) is 6.54 Å². The molecule has 4 aromatic rings. The number of amides is 1. The molecule has 7 nitrogen and oxygen atoms in total. The van der Waals surface area contributed by atoms with E-state index in [2.05, 4.69) is 10.0 Å². The first-order valence-electron chi connectivity index (χ1n) is 12.8. The third kappa shape index (κ3) is 6.12. The lowest BCUT2D eigenvalue weighted by molar-refractivity contribution is 0.0943. The minimum atomic E-state index is -3.56. The highest BCUT2D eigenvalue weighted by Crippen LogP contribution is 2.25. The second-order valence-corrected chi connectivity index (χ2v) is 13.2. The molecule has 1 aliphatic rings. The third-order valence-electron chi connectivity index (χ3n) is 7.20. The van der Waals surface area contributed by atoms with Crippen LogP contribution in [0.1, 0.15) is 59.4 Å². The Morgan fingerprint density at radius 2 is 1.95 bits per heavy atom. The molecule has 0 aliphatic heterocycles. The monoisotopic (exact) mass is 570 g/mol. The van der Waals surface area contributed by atoms with Crippen molar-refractivity contribution >= 4 is 49.9 Å². The fourth-order valence-corrected chi connectivity index (χ4v) is 7.23. The Bertz CT molecular complexity index is 1540. The van der Waals surface area contributed by atoms with Crippen LogP contribution in [-0.2, 0) is 30.0 Å². The van der Waals surface area contributed by atoms with E-state index in [-0.39, 0.29) is 16.7 Å². The molecule has 2 heterocycles. The number of aryl methyl sites for hydroxylation is 1. The lowest BCUT2D eigenvalue weighted by atomic mass is 9.89. The third-order valence-corrected chi connectivity index (χ3v) is 10.4. The van der Waals surface area contributed by atoms with Gasteiger partial charge in [-0.05, 0) is 65.6 Å². The van der Waals surface area contributed by atoms with E-state index in [0.29, 0.717) is 22.9 Å². The Hall–Kier alpha value is -2.72. The second kappa shape index (κ2) is 11.6. The van der Waals surface area contributed by atoms with Crippen LogP contribution in [0.5, 0.6) is 0 Å². The number of rotatable bonds is 9. The van der Waals surface area contributed by atoms with Crippen molar-refractivity contribution in [1.82, 2.24) is 19.6 Å². The average molecular weight is 571 g/mol. The van der Waals surface area contributed by atoms with E-state index in [9.17, 15) is 13.2 Å². The largest absolute Gasteiger partial charge is 0.352 e. The van der Waals surface area contributed by atoms with Gasteiger partial charge >= 0.3 is 0 Å². The van der Waals surface area contributed by atoms with Gasteiger partial charge in [-0.1, -0.05) is 49.1 Å². The molecule has 0 radical (unpaired) electrons. The number of sulfonamides is 1. The summed E-state index contributed by atoms with van der Waals surface area (Å²) in [6.45, 7) is 0.884. The van der Waals surface area contributed by atoms with E-state index >= 15 is 0 Å². The summed E-state index contributed by atoms with van der Waals surface area (Å²) >= 11 is 7.69. The number of fused-ring (bicyclic) bond motifs is 1. The molecule has 0 bridgehead atoms. The van der Waals surface area contributed by atoms with Gasteiger partial charge in [0.1, 0.15) is 10.0 Å². The highest BCUT2D eigenvalue weighted by molar-refractivity contribution is 7.91. The maximum absolute atomic E-state index is 12.8. The number of hydrogen-bond acceptors (Lipinski definition) is 5. The van der Waals surface area contributed by atoms with Gasteiger partial charge in [0, 0.05) is 37.1 Å². The zero-order valence-electron chi connectivity index (χ0n) is 21.2. The van der Waals surface area contributed by atoms with Crippen LogP contribution in [0.3, 0.4) is 0 Å². The Labute approximate surface area is 232 Å². The standard InChI is InChI=1S/C28H31ClN4O3S2/c1-33-25-12-10-21(28(34)30-17-19-6-3-2-4-7-19)15-24(25)32-26(33)16-22-14-20(9-11-23(22)29)18-31-38(35,36)27-8-5-13-37-27/h5,8-15,19,31H,2-4,6-7,16-18H2,1H3,(H,30,34). The maximum atomic E-state index is 12.8. The summed E-state index contributed by atoms with van der Waals surface area (Å²) in [7, 11) is -1.61. The normalized spacial score (nSPS) is 14.7. The predicted octanol–water partition coefficient (Wildman–Crippen LogP) is 5.67. The maximum Gasteiger partial charge on any atom is 0.251 e. The van der Waals surface area contributed by atoms with Crippen LogP contribution in [0.15, 0.2) is 58.1 Å².